The van der Waals surface area contributed by atoms with E-state index >= 15 is 0 Å². The Bertz CT molecular complexity index is 336. The molecule has 0 aliphatic carbocycles. The fraction of sp³-hybridized carbons (Fsp3) is 0.222. The zero-order chi connectivity index (χ0) is 9.84. The Kier molecular flexibility index (Phi) is 3.14. The summed E-state index contributed by atoms with van der Waals surface area (Å²) < 4.78 is 0. The summed E-state index contributed by atoms with van der Waals surface area (Å²) in [5.41, 5.74) is 1.54. The quantitative estimate of drug-likeness (QED) is 0.587. The third kappa shape index (κ3) is 2.36. The summed E-state index contributed by atoms with van der Waals surface area (Å²) in [4.78, 5) is 4.61. The summed E-state index contributed by atoms with van der Waals surface area (Å²) in [5, 5.41) is 13.2. The summed E-state index contributed by atoms with van der Waals surface area (Å²) in [6, 6.07) is 4.88. The molecule has 0 aliphatic heterocycles. The van der Waals surface area contributed by atoms with Crippen LogP contribution in [0.15, 0.2) is 23.4 Å². The standard InChI is InChI=1S/C9H10ClNO2/c1-6(11-13-2)7-3-4-9(12)8(10)5-7/h3-5,12H,1-2H3. The second-order valence-corrected chi connectivity index (χ2v) is 2.93. The van der Waals surface area contributed by atoms with E-state index in [0.29, 0.717) is 10.7 Å². The van der Waals surface area contributed by atoms with Gasteiger partial charge in [-0.15, -0.1) is 0 Å². The number of phenols is 1. The molecular weight excluding hydrogens is 190 g/mol. The van der Waals surface area contributed by atoms with E-state index in [1.165, 1.54) is 13.2 Å². The molecule has 0 saturated carbocycles. The van der Waals surface area contributed by atoms with Crippen LogP contribution in [0.1, 0.15) is 12.5 Å². The van der Waals surface area contributed by atoms with Crippen molar-refractivity contribution in [2.75, 3.05) is 7.11 Å². The number of halogens is 1. The van der Waals surface area contributed by atoms with E-state index in [4.69, 9.17) is 16.7 Å². The van der Waals surface area contributed by atoms with Crippen LogP contribution in [0.4, 0.5) is 0 Å². The fourth-order valence-electron chi connectivity index (χ4n) is 0.922. The van der Waals surface area contributed by atoms with Gasteiger partial charge in [0, 0.05) is 5.56 Å². The summed E-state index contributed by atoms with van der Waals surface area (Å²) in [6.45, 7) is 1.80. The van der Waals surface area contributed by atoms with Gasteiger partial charge >= 0.3 is 0 Å². The number of aromatic hydroxyl groups is 1. The summed E-state index contributed by atoms with van der Waals surface area (Å²) in [5.74, 6) is 0.0654. The van der Waals surface area contributed by atoms with E-state index in [2.05, 4.69) is 9.99 Å². The number of hydrogen-bond donors (Lipinski definition) is 1. The lowest BCUT2D eigenvalue weighted by molar-refractivity contribution is 0.213. The van der Waals surface area contributed by atoms with Crippen molar-refractivity contribution in [1.29, 1.82) is 0 Å². The molecule has 1 aromatic carbocycles. The van der Waals surface area contributed by atoms with Crippen LogP contribution < -0.4 is 0 Å². The molecule has 1 aromatic rings. The van der Waals surface area contributed by atoms with Crippen LogP contribution in [0.3, 0.4) is 0 Å². The lowest BCUT2D eigenvalue weighted by Crippen LogP contribution is -1.94. The molecule has 0 radical (unpaired) electrons. The zero-order valence-corrected chi connectivity index (χ0v) is 8.17. The Morgan fingerprint density at radius 3 is 2.77 bits per heavy atom. The van der Waals surface area contributed by atoms with Crippen molar-refractivity contribution in [3.8, 4) is 5.75 Å². The van der Waals surface area contributed by atoms with Gasteiger partial charge in [-0.2, -0.15) is 0 Å². The summed E-state index contributed by atoms with van der Waals surface area (Å²) in [7, 11) is 1.48. The van der Waals surface area contributed by atoms with Crippen molar-refractivity contribution in [2.24, 2.45) is 5.16 Å². The van der Waals surface area contributed by atoms with Crippen molar-refractivity contribution in [1.82, 2.24) is 0 Å². The van der Waals surface area contributed by atoms with Crippen LogP contribution in [0.2, 0.25) is 5.02 Å². The number of benzene rings is 1. The molecule has 13 heavy (non-hydrogen) atoms. The lowest BCUT2D eigenvalue weighted by Gasteiger charge is -2.01. The predicted molar refractivity (Wildman–Crippen MR) is 52.3 cm³/mol. The smallest absolute Gasteiger partial charge is 0.134 e. The van der Waals surface area contributed by atoms with Crippen LogP contribution in [0, 0.1) is 0 Å². The second-order valence-electron chi connectivity index (χ2n) is 2.53. The molecule has 4 heteroatoms. The first-order chi connectivity index (χ1) is 6.15. The molecule has 0 spiro atoms. The van der Waals surface area contributed by atoms with Gasteiger partial charge in [0.25, 0.3) is 0 Å². The van der Waals surface area contributed by atoms with Crippen molar-refractivity contribution in [3.05, 3.63) is 28.8 Å². The van der Waals surface area contributed by atoms with Gasteiger partial charge in [0.15, 0.2) is 0 Å². The van der Waals surface area contributed by atoms with Crippen molar-refractivity contribution in [3.63, 3.8) is 0 Å². The largest absolute Gasteiger partial charge is 0.506 e. The Hall–Kier alpha value is -1.22. The second kappa shape index (κ2) is 4.14. The van der Waals surface area contributed by atoms with E-state index in [1.54, 1.807) is 19.1 Å². The molecular formula is C9H10ClNO2. The van der Waals surface area contributed by atoms with E-state index in [1.807, 2.05) is 0 Å². The van der Waals surface area contributed by atoms with Crippen LogP contribution in [-0.4, -0.2) is 17.9 Å². The number of nitrogens with zero attached hydrogens (tertiary/aromatic N) is 1. The maximum Gasteiger partial charge on any atom is 0.134 e. The predicted octanol–water partition coefficient (Wildman–Crippen LogP) is 2.42. The molecule has 70 valence electrons. The van der Waals surface area contributed by atoms with Gasteiger partial charge in [-0.1, -0.05) is 16.8 Å². The van der Waals surface area contributed by atoms with Gasteiger partial charge in [0.1, 0.15) is 12.9 Å². The van der Waals surface area contributed by atoms with Crippen LogP contribution in [0.25, 0.3) is 0 Å². The van der Waals surface area contributed by atoms with Gasteiger partial charge in [0.2, 0.25) is 0 Å². The van der Waals surface area contributed by atoms with E-state index < -0.39 is 0 Å². The summed E-state index contributed by atoms with van der Waals surface area (Å²) in [6.07, 6.45) is 0. The van der Waals surface area contributed by atoms with E-state index in [9.17, 15) is 0 Å². The Morgan fingerprint density at radius 1 is 1.54 bits per heavy atom. The highest BCUT2D eigenvalue weighted by molar-refractivity contribution is 6.32. The first kappa shape index (κ1) is 9.86. The molecule has 3 nitrogen and oxygen atoms in total. The lowest BCUT2D eigenvalue weighted by atomic mass is 10.1. The minimum absolute atomic E-state index is 0.0654. The first-order valence-corrected chi connectivity index (χ1v) is 4.09. The molecule has 0 amide bonds. The zero-order valence-electron chi connectivity index (χ0n) is 7.41. The molecule has 1 N–H and O–H groups in total. The van der Waals surface area contributed by atoms with Gasteiger partial charge in [-0.05, 0) is 25.1 Å². The molecule has 1 rings (SSSR count). The van der Waals surface area contributed by atoms with E-state index in [0.717, 1.165) is 5.56 Å². The van der Waals surface area contributed by atoms with E-state index in [-0.39, 0.29) is 5.75 Å². The normalized spacial score (nSPS) is 11.5. The molecule has 0 aromatic heterocycles. The Morgan fingerprint density at radius 2 is 2.23 bits per heavy atom. The minimum atomic E-state index is 0.0654. The van der Waals surface area contributed by atoms with Gasteiger partial charge < -0.3 is 9.94 Å². The number of rotatable bonds is 2. The first-order valence-electron chi connectivity index (χ1n) is 3.72. The highest BCUT2D eigenvalue weighted by atomic mass is 35.5. The fourth-order valence-corrected chi connectivity index (χ4v) is 1.10. The minimum Gasteiger partial charge on any atom is -0.506 e. The number of phenolic OH excluding ortho intramolecular Hbond substituents is 1. The van der Waals surface area contributed by atoms with Gasteiger partial charge in [0.05, 0.1) is 10.7 Å². The monoisotopic (exact) mass is 199 g/mol. The Labute approximate surface area is 81.6 Å². The van der Waals surface area contributed by atoms with Gasteiger partial charge in [-0.3, -0.25) is 0 Å². The van der Waals surface area contributed by atoms with Crippen LogP contribution >= 0.6 is 11.6 Å². The average molecular weight is 200 g/mol. The number of hydrogen-bond acceptors (Lipinski definition) is 3. The molecule has 0 bridgehead atoms. The molecule has 0 fully saturated rings. The van der Waals surface area contributed by atoms with Crippen molar-refractivity contribution in [2.45, 2.75) is 6.92 Å². The van der Waals surface area contributed by atoms with Crippen molar-refractivity contribution < 1.29 is 9.94 Å². The average Bonchev–Trinajstić information content (AvgIpc) is 2.10. The SMILES string of the molecule is CON=C(C)c1ccc(O)c(Cl)c1. The molecule has 0 saturated heterocycles. The summed E-state index contributed by atoms with van der Waals surface area (Å²) >= 11 is 5.71. The maximum atomic E-state index is 9.15. The molecule has 0 aliphatic rings. The Balaban J connectivity index is 3.04. The highest BCUT2D eigenvalue weighted by Crippen LogP contribution is 2.23. The number of oxime groups is 1. The topological polar surface area (TPSA) is 41.8 Å². The molecule has 0 unspecified atom stereocenters. The highest BCUT2D eigenvalue weighted by Gasteiger charge is 2.02. The third-order valence-electron chi connectivity index (χ3n) is 1.59. The molecule has 0 heterocycles. The molecule has 0 atom stereocenters. The maximum absolute atomic E-state index is 9.15. The van der Waals surface area contributed by atoms with Gasteiger partial charge in [-0.25, -0.2) is 0 Å². The van der Waals surface area contributed by atoms with Crippen LogP contribution in [0.5, 0.6) is 5.75 Å². The third-order valence-corrected chi connectivity index (χ3v) is 1.90. The van der Waals surface area contributed by atoms with Crippen molar-refractivity contribution >= 4 is 17.3 Å². The van der Waals surface area contributed by atoms with Crippen LogP contribution in [-0.2, 0) is 4.84 Å².